The third kappa shape index (κ3) is 4.29. The molecule has 1 aliphatic rings. The van der Waals surface area contributed by atoms with Crippen molar-refractivity contribution >= 4 is 6.29 Å². The molecule has 0 aromatic heterocycles. The Bertz CT molecular complexity index is 851. The minimum atomic E-state index is -0.493. The van der Waals surface area contributed by atoms with Crippen LogP contribution in [0.1, 0.15) is 33.5 Å². The van der Waals surface area contributed by atoms with E-state index in [4.69, 9.17) is 28.4 Å². The Kier molecular flexibility index (Phi) is 6.92. The summed E-state index contributed by atoms with van der Waals surface area (Å²) in [6.07, 6.45) is 0.235. The van der Waals surface area contributed by atoms with Gasteiger partial charge in [-0.05, 0) is 29.8 Å². The Morgan fingerprint density at radius 1 is 1.00 bits per heavy atom. The first-order valence-electron chi connectivity index (χ1n) is 8.98. The lowest BCUT2D eigenvalue weighted by molar-refractivity contribution is 0.0474. The molecule has 29 heavy (non-hydrogen) atoms. The number of methoxy groups -OCH3 is 3. The van der Waals surface area contributed by atoms with Crippen LogP contribution in [0.2, 0.25) is 0 Å². The Morgan fingerprint density at radius 2 is 1.72 bits per heavy atom. The average molecular weight is 404 g/mol. The van der Waals surface area contributed by atoms with Gasteiger partial charge in [-0.1, -0.05) is 6.07 Å². The molecule has 1 N–H and O–H groups in total. The van der Waals surface area contributed by atoms with E-state index in [2.05, 4.69) is 0 Å². The Hall–Kier alpha value is -2.81. The highest BCUT2D eigenvalue weighted by Crippen LogP contribution is 2.51. The molecule has 0 unspecified atom stereocenters. The maximum absolute atomic E-state index is 11.4. The van der Waals surface area contributed by atoms with Crippen molar-refractivity contribution in [3.05, 3.63) is 47.0 Å². The van der Waals surface area contributed by atoms with Crippen LogP contribution in [0.25, 0.3) is 0 Å². The molecular weight excluding hydrogens is 380 g/mol. The van der Waals surface area contributed by atoms with Crippen molar-refractivity contribution < 1.29 is 38.3 Å². The fourth-order valence-electron chi connectivity index (χ4n) is 3.31. The van der Waals surface area contributed by atoms with E-state index in [0.717, 1.165) is 11.8 Å². The number of ether oxygens (including phenoxy) is 6. The van der Waals surface area contributed by atoms with Crippen LogP contribution in [-0.2, 0) is 9.47 Å². The van der Waals surface area contributed by atoms with Crippen LogP contribution in [0.15, 0.2) is 30.3 Å². The summed E-state index contributed by atoms with van der Waals surface area (Å²) in [5, 5.41) is 10.1. The van der Waals surface area contributed by atoms with Crippen LogP contribution in [0.4, 0.5) is 0 Å². The van der Waals surface area contributed by atoms with Gasteiger partial charge < -0.3 is 33.5 Å². The van der Waals surface area contributed by atoms with E-state index in [1.165, 1.54) is 14.2 Å². The minimum Gasteiger partial charge on any atom is -0.493 e. The highest BCUT2D eigenvalue weighted by Gasteiger charge is 2.38. The van der Waals surface area contributed by atoms with E-state index in [9.17, 15) is 9.90 Å². The fraction of sp³-hybridized carbons (Fsp3) is 0.381. The molecule has 1 heterocycles. The van der Waals surface area contributed by atoms with Crippen molar-refractivity contribution in [3.63, 3.8) is 0 Å². The van der Waals surface area contributed by atoms with E-state index in [1.807, 2.05) is 6.07 Å². The molecule has 0 aliphatic carbocycles. The first kappa shape index (κ1) is 20.9. The van der Waals surface area contributed by atoms with Crippen molar-refractivity contribution in [3.8, 4) is 23.0 Å². The number of fused-ring (bicyclic) bond motifs is 1. The molecule has 0 amide bonds. The lowest BCUT2D eigenvalue weighted by Crippen LogP contribution is -2.13. The molecule has 1 aliphatic heterocycles. The van der Waals surface area contributed by atoms with Gasteiger partial charge in [-0.2, -0.15) is 0 Å². The van der Waals surface area contributed by atoms with Gasteiger partial charge in [0.05, 0.1) is 19.6 Å². The highest BCUT2D eigenvalue weighted by molar-refractivity contribution is 5.78. The van der Waals surface area contributed by atoms with Crippen LogP contribution in [0, 0.1) is 0 Å². The molecule has 0 radical (unpaired) electrons. The van der Waals surface area contributed by atoms with Crippen molar-refractivity contribution in [2.45, 2.75) is 12.0 Å². The highest BCUT2D eigenvalue weighted by atomic mass is 16.7. The molecule has 0 saturated carbocycles. The van der Waals surface area contributed by atoms with Crippen LogP contribution in [0.5, 0.6) is 23.0 Å². The Morgan fingerprint density at radius 3 is 2.34 bits per heavy atom. The summed E-state index contributed by atoms with van der Waals surface area (Å²) in [6.45, 7) is -0.0745. The molecule has 8 nitrogen and oxygen atoms in total. The maximum atomic E-state index is 11.4. The molecule has 0 fully saturated rings. The SMILES string of the molecule is COCOc1ccc([C@@H]2Oc3c(OCOC)cc(C=O)cc3[C@H]2CO)cc1OC. The van der Waals surface area contributed by atoms with E-state index >= 15 is 0 Å². The third-order valence-corrected chi connectivity index (χ3v) is 4.63. The van der Waals surface area contributed by atoms with Gasteiger partial charge in [0.15, 0.2) is 36.6 Å². The first-order chi connectivity index (χ1) is 14.2. The number of aldehydes is 1. The number of benzene rings is 2. The van der Waals surface area contributed by atoms with Crippen LogP contribution < -0.4 is 18.9 Å². The predicted molar refractivity (Wildman–Crippen MR) is 103 cm³/mol. The smallest absolute Gasteiger partial charge is 0.188 e. The lowest BCUT2D eigenvalue weighted by Gasteiger charge is -2.19. The first-order valence-corrected chi connectivity index (χ1v) is 8.98. The van der Waals surface area contributed by atoms with E-state index < -0.39 is 6.10 Å². The number of carbonyl (C=O) groups excluding carboxylic acids is 1. The summed E-state index contributed by atoms with van der Waals surface area (Å²) in [7, 11) is 4.58. The van der Waals surface area contributed by atoms with Gasteiger partial charge in [0, 0.05) is 25.3 Å². The second-order valence-corrected chi connectivity index (χ2v) is 6.39. The minimum absolute atomic E-state index is 0.00588. The lowest BCUT2D eigenvalue weighted by atomic mass is 9.90. The van der Waals surface area contributed by atoms with Gasteiger partial charge in [0.1, 0.15) is 12.4 Å². The molecule has 156 valence electrons. The van der Waals surface area contributed by atoms with Gasteiger partial charge in [-0.25, -0.2) is 0 Å². The molecular formula is C21H24O8. The predicted octanol–water partition coefficient (Wildman–Crippen LogP) is 2.68. The molecule has 2 atom stereocenters. The number of rotatable bonds is 10. The van der Waals surface area contributed by atoms with Crippen LogP contribution >= 0.6 is 0 Å². The average Bonchev–Trinajstić information content (AvgIpc) is 3.14. The Balaban J connectivity index is 1.97. The molecule has 3 rings (SSSR count). The fourth-order valence-corrected chi connectivity index (χ4v) is 3.31. The normalized spacial score (nSPS) is 17.4. The summed E-state index contributed by atoms with van der Waals surface area (Å²) in [6, 6.07) is 8.68. The van der Waals surface area contributed by atoms with Gasteiger partial charge >= 0.3 is 0 Å². The number of aliphatic hydroxyl groups excluding tert-OH is 1. The quantitative estimate of drug-likeness (QED) is 0.477. The zero-order valence-electron chi connectivity index (χ0n) is 16.5. The monoisotopic (exact) mass is 404 g/mol. The number of aliphatic hydroxyl groups is 1. The van der Waals surface area contributed by atoms with E-state index in [-0.39, 0.29) is 26.1 Å². The zero-order valence-corrected chi connectivity index (χ0v) is 16.5. The Labute approximate surface area is 168 Å². The molecule has 8 heteroatoms. The van der Waals surface area contributed by atoms with Crippen molar-refractivity contribution in [1.29, 1.82) is 0 Å². The number of hydrogen-bond donors (Lipinski definition) is 1. The zero-order chi connectivity index (χ0) is 20.8. The summed E-state index contributed by atoms with van der Waals surface area (Å²) in [5.74, 6) is 1.53. The molecule has 2 aromatic rings. The third-order valence-electron chi connectivity index (χ3n) is 4.63. The summed E-state index contributed by atoms with van der Waals surface area (Å²) < 4.78 is 32.6. The molecule has 2 aromatic carbocycles. The van der Waals surface area contributed by atoms with Crippen molar-refractivity contribution in [2.24, 2.45) is 0 Å². The van der Waals surface area contributed by atoms with Crippen molar-refractivity contribution in [1.82, 2.24) is 0 Å². The standard InChI is InChI=1S/C21H24O8/c1-24-11-27-17-5-4-14(8-18(17)26-3)20-16(10-23)15-6-13(9-22)7-19(21(15)29-20)28-12-25-2/h4-9,16,20,23H,10-12H2,1-3H3/t16-,20+/m1/s1. The number of hydrogen-bond acceptors (Lipinski definition) is 8. The summed E-state index contributed by atoms with van der Waals surface area (Å²) in [5.41, 5.74) is 1.91. The second-order valence-electron chi connectivity index (χ2n) is 6.39. The topological polar surface area (TPSA) is 92.7 Å². The van der Waals surface area contributed by atoms with Crippen LogP contribution in [-0.4, -0.2) is 52.9 Å². The van der Waals surface area contributed by atoms with Gasteiger partial charge in [-0.15, -0.1) is 0 Å². The van der Waals surface area contributed by atoms with Gasteiger partial charge in [0.2, 0.25) is 0 Å². The molecule has 0 bridgehead atoms. The van der Waals surface area contributed by atoms with Gasteiger partial charge in [-0.3, -0.25) is 4.79 Å². The van der Waals surface area contributed by atoms with Gasteiger partial charge in [0.25, 0.3) is 0 Å². The molecule has 0 saturated heterocycles. The summed E-state index contributed by atoms with van der Waals surface area (Å²) >= 11 is 0. The maximum Gasteiger partial charge on any atom is 0.188 e. The summed E-state index contributed by atoms with van der Waals surface area (Å²) in [4.78, 5) is 11.4. The molecule has 0 spiro atoms. The van der Waals surface area contributed by atoms with E-state index in [0.29, 0.717) is 34.1 Å². The van der Waals surface area contributed by atoms with Crippen molar-refractivity contribution in [2.75, 3.05) is 41.5 Å². The largest absolute Gasteiger partial charge is 0.493 e. The van der Waals surface area contributed by atoms with E-state index in [1.54, 1.807) is 31.4 Å². The van der Waals surface area contributed by atoms with Crippen LogP contribution in [0.3, 0.4) is 0 Å². The second kappa shape index (κ2) is 9.60. The number of carbonyl (C=O) groups is 1.